The molecule has 0 radical (unpaired) electrons. The molecule has 34 heavy (non-hydrogen) atoms. The summed E-state index contributed by atoms with van der Waals surface area (Å²) in [5.74, 6) is -2.38. The first kappa shape index (κ1) is 25.2. The van der Waals surface area contributed by atoms with Crippen molar-refractivity contribution in [2.75, 3.05) is 6.61 Å². The Kier molecular flexibility index (Phi) is 8.64. The van der Waals surface area contributed by atoms with Crippen molar-refractivity contribution in [1.29, 1.82) is 0 Å². The summed E-state index contributed by atoms with van der Waals surface area (Å²) < 4.78 is 27.4. The number of carbonyl (C=O) groups excluding carboxylic acids is 4. The molecule has 1 aromatic heterocycles. The smallest absolute Gasteiger partial charge is 0.312 e. The van der Waals surface area contributed by atoms with E-state index in [4.69, 9.17) is 23.7 Å². The Morgan fingerprint density at radius 1 is 0.853 bits per heavy atom. The van der Waals surface area contributed by atoms with Gasteiger partial charge in [-0.3, -0.25) is 19.2 Å². The Balaban J connectivity index is 1.80. The number of H-pyrrole nitrogens is 1. The summed E-state index contributed by atoms with van der Waals surface area (Å²) in [6.07, 6.45) is -3.06. The summed E-state index contributed by atoms with van der Waals surface area (Å²) in [5, 5.41) is 0.874. The summed E-state index contributed by atoms with van der Waals surface area (Å²) >= 11 is 0. The van der Waals surface area contributed by atoms with Gasteiger partial charge in [0.15, 0.2) is 12.2 Å². The summed E-state index contributed by atoms with van der Waals surface area (Å²) in [4.78, 5) is 52.0. The molecule has 0 bridgehead atoms. The number of rotatable bonds is 9. The number of hydrogen-bond acceptors (Lipinski definition) is 9. The van der Waals surface area contributed by atoms with Crippen molar-refractivity contribution in [3.05, 3.63) is 36.0 Å². The third-order valence-electron chi connectivity index (χ3n) is 5.32. The molecule has 1 N–H and O–H groups in total. The molecular formula is C24H29NO9. The van der Waals surface area contributed by atoms with Crippen LogP contribution in [0.5, 0.6) is 0 Å². The van der Waals surface area contributed by atoms with Crippen molar-refractivity contribution in [2.24, 2.45) is 0 Å². The molecule has 0 amide bonds. The minimum Gasteiger partial charge on any atom is -0.456 e. The van der Waals surface area contributed by atoms with E-state index < -0.39 is 48.5 Å². The van der Waals surface area contributed by atoms with Gasteiger partial charge in [-0.25, -0.2) is 0 Å². The molecule has 0 saturated carbocycles. The van der Waals surface area contributed by atoms with E-state index in [1.54, 1.807) is 27.0 Å². The summed E-state index contributed by atoms with van der Waals surface area (Å²) in [6, 6.07) is 7.51. The van der Waals surface area contributed by atoms with E-state index in [1.165, 1.54) is 0 Å². The summed E-state index contributed by atoms with van der Waals surface area (Å²) in [6.45, 7) is 4.59. The zero-order valence-electron chi connectivity index (χ0n) is 19.4. The van der Waals surface area contributed by atoms with Crippen LogP contribution < -0.4 is 0 Å². The summed E-state index contributed by atoms with van der Waals surface area (Å²) in [7, 11) is 0. The molecule has 1 aliphatic heterocycles. The van der Waals surface area contributed by atoms with Crippen LogP contribution in [0.25, 0.3) is 10.9 Å². The van der Waals surface area contributed by atoms with Crippen LogP contribution >= 0.6 is 0 Å². The third-order valence-corrected chi connectivity index (χ3v) is 5.32. The molecule has 0 spiro atoms. The van der Waals surface area contributed by atoms with Gasteiger partial charge < -0.3 is 28.7 Å². The van der Waals surface area contributed by atoms with Gasteiger partial charge in [0.05, 0.1) is 13.0 Å². The fourth-order valence-corrected chi connectivity index (χ4v) is 3.54. The van der Waals surface area contributed by atoms with Gasteiger partial charge in [0.1, 0.15) is 0 Å². The highest BCUT2D eigenvalue weighted by Crippen LogP contribution is 2.27. The Labute approximate surface area is 196 Å². The van der Waals surface area contributed by atoms with Crippen molar-refractivity contribution in [3.8, 4) is 0 Å². The molecule has 0 unspecified atom stereocenters. The second-order valence-electron chi connectivity index (χ2n) is 7.73. The molecule has 1 saturated heterocycles. The highest BCUT2D eigenvalue weighted by molar-refractivity contribution is 5.87. The van der Waals surface area contributed by atoms with Crippen LogP contribution in [-0.2, 0) is 49.3 Å². The number of esters is 4. The average molecular weight is 475 g/mol. The second-order valence-corrected chi connectivity index (χ2v) is 7.73. The minimum absolute atomic E-state index is 0.0281. The predicted octanol–water partition coefficient (Wildman–Crippen LogP) is 2.58. The van der Waals surface area contributed by atoms with Gasteiger partial charge in [0.2, 0.25) is 12.4 Å². The lowest BCUT2D eigenvalue weighted by molar-refractivity contribution is -0.275. The van der Waals surface area contributed by atoms with Crippen LogP contribution in [0.4, 0.5) is 0 Å². The van der Waals surface area contributed by atoms with E-state index in [9.17, 15) is 19.2 Å². The summed E-state index contributed by atoms with van der Waals surface area (Å²) in [5.41, 5.74) is 1.60. The van der Waals surface area contributed by atoms with Gasteiger partial charge in [-0.2, -0.15) is 0 Å². The molecule has 2 aromatic rings. The third kappa shape index (κ3) is 6.13. The van der Waals surface area contributed by atoms with Gasteiger partial charge in [0.25, 0.3) is 0 Å². The zero-order chi connectivity index (χ0) is 24.7. The molecule has 1 fully saturated rings. The van der Waals surface area contributed by atoms with E-state index in [0.717, 1.165) is 16.5 Å². The van der Waals surface area contributed by atoms with Crippen molar-refractivity contribution >= 4 is 34.8 Å². The van der Waals surface area contributed by atoms with Crippen molar-refractivity contribution in [2.45, 2.75) is 71.1 Å². The van der Waals surface area contributed by atoms with Crippen molar-refractivity contribution in [3.63, 3.8) is 0 Å². The molecule has 10 heteroatoms. The maximum atomic E-state index is 12.8. The highest BCUT2D eigenvalue weighted by atomic mass is 16.7. The van der Waals surface area contributed by atoms with Crippen LogP contribution in [0.2, 0.25) is 0 Å². The Bertz CT molecular complexity index is 1030. The number of hydrogen-bond donors (Lipinski definition) is 1. The second kappa shape index (κ2) is 11.6. The van der Waals surface area contributed by atoms with Gasteiger partial charge in [0, 0.05) is 36.4 Å². The first-order valence-electron chi connectivity index (χ1n) is 11.3. The van der Waals surface area contributed by atoms with E-state index in [-0.39, 0.29) is 32.3 Å². The quantitative estimate of drug-likeness (QED) is 0.429. The average Bonchev–Trinajstić information content (AvgIpc) is 3.24. The first-order valence-corrected chi connectivity index (χ1v) is 11.3. The molecule has 10 nitrogen and oxygen atoms in total. The molecule has 1 aromatic carbocycles. The Hall–Kier alpha value is -3.40. The Morgan fingerprint density at radius 2 is 1.47 bits per heavy atom. The monoisotopic (exact) mass is 475 g/mol. The maximum absolute atomic E-state index is 12.8. The molecular weight excluding hydrogens is 446 g/mol. The number of fused-ring (bicyclic) bond motifs is 1. The Morgan fingerprint density at radius 3 is 2.15 bits per heavy atom. The highest BCUT2D eigenvalue weighted by Gasteiger charge is 2.49. The molecule has 2 heterocycles. The lowest BCUT2D eigenvalue weighted by Crippen LogP contribution is -2.58. The van der Waals surface area contributed by atoms with Crippen LogP contribution in [0.15, 0.2) is 30.5 Å². The fourth-order valence-electron chi connectivity index (χ4n) is 3.54. The van der Waals surface area contributed by atoms with E-state index in [2.05, 4.69) is 4.98 Å². The number of ether oxygens (including phenoxy) is 5. The van der Waals surface area contributed by atoms with Gasteiger partial charge in [-0.15, -0.1) is 0 Å². The maximum Gasteiger partial charge on any atom is 0.312 e. The lowest BCUT2D eigenvalue weighted by atomic mass is 10.0. The number of aromatic amines is 1. The first-order chi connectivity index (χ1) is 16.4. The fraction of sp³-hybridized carbons (Fsp3) is 0.500. The largest absolute Gasteiger partial charge is 0.456 e. The number of aromatic nitrogens is 1. The molecule has 3 rings (SSSR count). The van der Waals surface area contributed by atoms with Crippen LogP contribution in [0.1, 0.15) is 45.6 Å². The molecule has 184 valence electrons. The zero-order valence-corrected chi connectivity index (χ0v) is 19.4. The van der Waals surface area contributed by atoms with Crippen LogP contribution in [-0.4, -0.2) is 60.1 Å². The number of carbonyl (C=O) groups is 4. The number of para-hydroxylation sites is 1. The van der Waals surface area contributed by atoms with Gasteiger partial charge in [-0.1, -0.05) is 39.0 Å². The van der Waals surface area contributed by atoms with Crippen LogP contribution in [0.3, 0.4) is 0 Å². The molecule has 4 atom stereocenters. The molecule has 0 aliphatic carbocycles. The van der Waals surface area contributed by atoms with Gasteiger partial charge in [-0.05, 0) is 11.6 Å². The normalized spacial score (nSPS) is 22.1. The van der Waals surface area contributed by atoms with Crippen LogP contribution in [0, 0.1) is 0 Å². The SMILES string of the molecule is CCC(=O)O[C@@H]1[C@@H](OC(=O)CC)[C@H](OC(=O)Cc2c[nH]c3ccccc23)OC[C@H]1OC(=O)CC. The standard InChI is InChI=1S/C24H29NO9/c1-4-18(26)31-17-13-30-24(23(33-20(28)6-3)22(17)32-19(27)5-2)34-21(29)11-14-12-25-16-10-8-7-9-15(14)16/h7-10,12,17,22-25H,4-6,11,13H2,1-3H3/t17-,22+,23-,24+/m1/s1. The lowest BCUT2D eigenvalue weighted by Gasteiger charge is -2.40. The van der Waals surface area contributed by atoms with Gasteiger partial charge >= 0.3 is 23.9 Å². The number of nitrogens with one attached hydrogen (secondary N) is 1. The minimum atomic E-state index is -1.35. The predicted molar refractivity (Wildman–Crippen MR) is 118 cm³/mol. The van der Waals surface area contributed by atoms with E-state index in [1.807, 2.05) is 24.3 Å². The number of benzene rings is 1. The molecule has 1 aliphatic rings. The van der Waals surface area contributed by atoms with Crippen molar-refractivity contribution in [1.82, 2.24) is 4.98 Å². The van der Waals surface area contributed by atoms with E-state index in [0.29, 0.717) is 0 Å². The van der Waals surface area contributed by atoms with E-state index >= 15 is 0 Å². The van der Waals surface area contributed by atoms with Crippen molar-refractivity contribution < 1.29 is 42.9 Å². The topological polar surface area (TPSA) is 130 Å².